The third-order valence-corrected chi connectivity index (χ3v) is 3.50. The molecule has 0 aliphatic rings. The number of anilines is 1. The summed E-state index contributed by atoms with van der Waals surface area (Å²) in [5, 5.41) is 8.08. The Bertz CT molecular complexity index is 528. The molecule has 1 amide bonds. The molecule has 1 rings (SSSR count). The molecule has 1 aromatic rings. The summed E-state index contributed by atoms with van der Waals surface area (Å²) >= 11 is 25.8. The SMILES string of the molecule is COC(=O)N[C@@H](NC(=S)Nc1cccc(Br)c1)C(Cl)(Cl)Cl. The molecule has 0 spiro atoms. The predicted octanol–water partition coefficient (Wildman–Crippen LogP) is 3.79. The molecule has 0 fully saturated rings. The first-order valence-electron chi connectivity index (χ1n) is 5.46. The third-order valence-electron chi connectivity index (χ3n) is 2.13. The number of rotatable bonds is 3. The summed E-state index contributed by atoms with van der Waals surface area (Å²) in [4.78, 5) is 11.2. The van der Waals surface area contributed by atoms with Gasteiger partial charge in [0.1, 0.15) is 0 Å². The highest BCUT2D eigenvalue weighted by Gasteiger charge is 2.34. The molecular formula is C11H11BrCl3N3O2S. The fourth-order valence-electron chi connectivity index (χ4n) is 1.24. The van der Waals surface area contributed by atoms with Crippen LogP contribution in [0.25, 0.3) is 0 Å². The van der Waals surface area contributed by atoms with Gasteiger partial charge in [-0.05, 0) is 30.4 Å². The van der Waals surface area contributed by atoms with Crippen molar-refractivity contribution >= 4 is 79.8 Å². The zero-order chi connectivity index (χ0) is 16.0. The molecule has 116 valence electrons. The summed E-state index contributed by atoms with van der Waals surface area (Å²) in [6.45, 7) is 0. The number of carbonyl (C=O) groups is 1. The van der Waals surface area contributed by atoms with Crippen molar-refractivity contribution in [2.24, 2.45) is 0 Å². The Morgan fingerprint density at radius 1 is 1.38 bits per heavy atom. The van der Waals surface area contributed by atoms with Gasteiger partial charge >= 0.3 is 6.09 Å². The zero-order valence-corrected chi connectivity index (χ0v) is 15.3. The molecule has 0 aliphatic carbocycles. The monoisotopic (exact) mass is 433 g/mol. The molecule has 0 saturated carbocycles. The molecule has 0 radical (unpaired) electrons. The first kappa shape index (κ1) is 18.6. The van der Waals surface area contributed by atoms with Gasteiger partial charge in [0, 0.05) is 10.2 Å². The highest BCUT2D eigenvalue weighted by atomic mass is 79.9. The molecule has 3 N–H and O–H groups in total. The Kier molecular flexibility index (Phi) is 7.29. The van der Waals surface area contributed by atoms with E-state index in [1.165, 1.54) is 7.11 Å². The number of alkyl carbamates (subject to hydrolysis) is 1. The number of hydrogen-bond donors (Lipinski definition) is 3. The highest BCUT2D eigenvalue weighted by Crippen LogP contribution is 2.29. The van der Waals surface area contributed by atoms with Crippen molar-refractivity contribution in [1.29, 1.82) is 0 Å². The van der Waals surface area contributed by atoms with Gasteiger partial charge in [-0.2, -0.15) is 0 Å². The fraction of sp³-hybridized carbons (Fsp3) is 0.273. The van der Waals surface area contributed by atoms with Gasteiger partial charge < -0.3 is 15.4 Å². The average Bonchev–Trinajstić information content (AvgIpc) is 2.36. The maximum absolute atomic E-state index is 11.2. The largest absolute Gasteiger partial charge is 0.453 e. The highest BCUT2D eigenvalue weighted by molar-refractivity contribution is 9.10. The molecule has 10 heteroatoms. The fourth-order valence-corrected chi connectivity index (χ4v) is 2.20. The smallest absolute Gasteiger partial charge is 0.408 e. The van der Waals surface area contributed by atoms with E-state index in [9.17, 15) is 4.79 Å². The van der Waals surface area contributed by atoms with Crippen LogP contribution in [0.1, 0.15) is 0 Å². The van der Waals surface area contributed by atoms with E-state index in [1.54, 1.807) is 6.07 Å². The minimum Gasteiger partial charge on any atom is -0.453 e. The Morgan fingerprint density at radius 2 is 2.05 bits per heavy atom. The van der Waals surface area contributed by atoms with Crippen LogP contribution in [0.5, 0.6) is 0 Å². The van der Waals surface area contributed by atoms with E-state index < -0.39 is 16.1 Å². The van der Waals surface area contributed by atoms with Crippen LogP contribution < -0.4 is 16.0 Å². The standard InChI is InChI=1S/C11H11BrCl3N3O2S/c1-20-10(19)18-8(11(13,14)15)17-9(21)16-7-4-2-3-6(12)5-7/h2-5,8H,1H3,(H,18,19)(H2,16,17,21)/t8-/m1/s1. The van der Waals surface area contributed by atoms with Crippen LogP contribution in [0.15, 0.2) is 28.7 Å². The van der Waals surface area contributed by atoms with Gasteiger partial charge in [-0.25, -0.2) is 4.79 Å². The maximum Gasteiger partial charge on any atom is 0.408 e. The van der Waals surface area contributed by atoms with Crippen LogP contribution in [-0.2, 0) is 4.74 Å². The first-order valence-corrected chi connectivity index (χ1v) is 7.80. The predicted molar refractivity (Wildman–Crippen MR) is 93.1 cm³/mol. The number of hydrogen-bond acceptors (Lipinski definition) is 3. The van der Waals surface area contributed by atoms with Crippen molar-refractivity contribution in [3.8, 4) is 0 Å². The second kappa shape index (κ2) is 8.24. The molecule has 5 nitrogen and oxygen atoms in total. The van der Waals surface area contributed by atoms with Gasteiger partial charge in [0.15, 0.2) is 11.3 Å². The number of halogens is 4. The van der Waals surface area contributed by atoms with Crippen LogP contribution >= 0.6 is 63.0 Å². The maximum atomic E-state index is 11.2. The van der Waals surface area contributed by atoms with Crippen LogP contribution in [0.3, 0.4) is 0 Å². The van der Waals surface area contributed by atoms with Gasteiger partial charge in [-0.3, -0.25) is 5.32 Å². The van der Waals surface area contributed by atoms with Crippen molar-refractivity contribution in [2.45, 2.75) is 9.96 Å². The minimum absolute atomic E-state index is 0.167. The lowest BCUT2D eigenvalue weighted by Crippen LogP contribution is -2.56. The summed E-state index contributed by atoms with van der Waals surface area (Å²) in [6, 6.07) is 7.31. The molecule has 0 aliphatic heterocycles. The Morgan fingerprint density at radius 3 is 2.57 bits per heavy atom. The minimum atomic E-state index is -1.82. The lowest BCUT2D eigenvalue weighted by atomic mass is 10.3. The van der Waals surface area contributed by atoms with Gasteiger partial charge in [0.2, 0.25) is 3.79 Å². The lowest BCUT2D eigenvalue weighted by molar-refractivity contribution is 0.166. The Hall–Kier alpha value is -0.470. The van der Waals surface area contributed by atoms with Gasteiger partial charge in [0.05, 0.1) is 7.11 Å². The van der Waals surface area contributed by atoms with Crippen molar-refractivity contribution in [3.05, 3.63) is 28.7 Å². The van der Waals surface area contributed by atoms with Crippen LogP contribution in [-0.4, -0.2) is 28.3 Å². The second-order valence-corrected chi connectivity index (χ2v) is 7.41. The van der Waals surface area contributed by atoms with E-state index in [4.69, 9.17) is 47.0 Å². The van der Waals surface area contributed by atoms with Crippen molar-refractivity contribution in [2.75, 3.05) is 12.4 Å². The number of ether oxygens (including phenoxy) is 1. The Labute approximate surface area is 150 Å². The average molecular weight is 436 g/mol. The van der Waals surface area contributed by atoms with Gasteiger partial charge in [0.25, 0.3) is 0 Å². The first-order chi connectivity index (χ1) is 9.72. The van der Waals surface area contributed by atoms with Crippen LogP contribution in [0, 0.1) is 0 Å². The molecule has 21 heavy (non-hydrogen) atoms. The van der Waals surface area contributed by atoms with Gasteiger partial charge in [-0.15, -0.1) is 0 Å². The molecule has 0 aromatic heterocycles. The normalized spacial score (nSPS) is 12.2. The van der Waals surface area contributed by atoms with E-state index in [2.05, 4.69) is 36.6 Å². The molecular weight excluding hydrogens is 424 g/mol. The van der Waals surface area contributed by atoms with E-state index in [0.29, 0.717) is 0 Å². The number of benzene rings is 1. The van der Waals surface area contributed by atoms with E-state index in [-0.39, 0.29) is 5.11 Å². The summed E-state index contributed by atoms with van der Waals surface area (Å²) < 4.78 is 3.51. The summed E-state index contributed by atoms with van der Waals surface area (Å²) in [6.07, 6.45) is -1.83. The van der Waals surface area contributed by atoms with Crippen LogP contribution in [0.2, 0.25) is 0 Å². The number of thiocarbonyl (C=S) groups is 1. The number of nitrogens with one attached hydrogen (secondary N) is 3. The molecule has 0 bridgehead atoms. The molecule has 1 atom stereocenters. The van der Waals surface area contributed by atoms with E-state index in [0.717, 1.165) is 10.2 Å². The Balaban J connectivity index is 2.70. The van der Waals surface area contributed by atoms with E-state index in [1.807, 2.05) is 18.2 Å². The number of carbonyl (C=O) groups excluding carboxylic acids is 1. The van der Waals surface area contributed by atoms with Crippen molar-refractivity contribution < 1.29 is 9.53 Å². The van der Waals surface area contributed by atoms with Crippen molar-refractivity contribution in [1.82, 2.24) is 10.6 Å². The summed E-state index contributed by atoms with van der Waals surface area (Å²) in [5.41, 5.74) is 0.725. The van der Waals surface area contributed by atoms with Gasteiger partial charge in [-0.1, -0.05) is 56.8 Å². The molecule has 0 heterocycles. The molecule has 0 unspecified atom stereocenters. The zero-order valence-electron chi connectivity index (χ0n) is 10.6. The molecule has 0 saturated heterocycles. The van der Waals surface area contributed by atoms with Crippen LogP contribution in [0.4, 0.5) is 10.5 Å². The second-order valence-electron chi connectivity index (χ2n) is 3.72. The summed E-state index contributed by atoms with van der Waals surface area (Å²) in [7, 11) is 1.20. The lowest BCUT2D eigenvalue weighted by Gasteiger charge is -2.27. The van der Waals surface area contributed by atoms with E-state index >= 15 is 0 Å². The quantitative estimate of drug-likeness (QED) is 0.383. The third kappa shape index (κ3) is 6.88. The molecule has 1 aromatic carbocycles. The number of alkyl halides is 3. The summed E-state index contributed by atoms with van der Waals surface area (Å²) in [5.74, 6) is 0. The topological polar surface area (TPSA) is 62.4 Å². The number of methoxy groups -OCH3 is 1. The number of amides is 1. The van der Waals surface area contributed by atoms with Crippen molar-refractivity contribution in [3.63, 3.8) is 0 Å².